The third-order valence-corrected chi connectivity index (χ3v) is 7.96. The number of nitrogens with one attached hydrogen (secondary N) is 1. The van der Waals surface area contributed by atoms with E-state index >= 15 is 0 Å². The fourth-order valence-electron chi connectivity index (χ4n) is 6.05. The number of alkyl halides is 2. The molecule has 4 N–H and O–H groups in total. The first-order valence-corrected chi connectivity index (χ1v) is 13.7. The van der Waals surface area contributed by atoms with Gasteiger partial charge in [0.25, 0.3) is 11.8 Å². The van der Waals surface area contributed by atoms with Crippen molar-refractivity contribution >= 4 is 28.2 Å². The molecular weight excluding hydrogens is 550 g/mol. The average Bonchev–Trinajstić information content (AvgIpc) is 3.42. The smallest absolute Gasteiger partial charge is 0.333 e. The summed E-state index contributed by atoms with van der Waals surface area (Å²) in [6, 6.07) is 8.00. The lowest BCUT2D eigenvalue weighted by Gasteiger charge is -2.57. The van der Waals surface area contributed by atoms with Gasteiger partial charge in [-0.3, -0.25) is 9.59 Å². The minimum absolute atomic E-state index is 0.00235. The van der Waals surface area contributed by atoms with Gasteiger partial charge in [0.15, 0.2) is 5.69 Å². The highest BCUT2D eigenvalue weighted by atomic mass is 19.3. The van der Waals surface area contributed by atoms with Gasteiger partial charge in [-0.15, -0.1) is 5.10 Å². The minimum atomic E-state index is -2.95. The fraction of sp³-hybridized carbons (Fsp3) is 0.448. The summed E-state index contributed by atoms with van der Waals surface area (Å²) in [5, 5.41) is 21.4. The number of benzene rings is 1. The average molecular weight is 583 g/mol. The van der Waals surface area contributed by atoms with Gasteiger partial charge in [-0.25, -0.2) is 9.20 Å². The lowest BCUT2D eigenvalue weighted by Crippen LogP contribution is -2.58. The number of halogens is 2. The molecule has 2 fully saturated rings. The zero-order valence-electron chi connectivity index (χ0n) is 23.4. The topological polar surface area (TPSA) is 146 Å². The number of rotatable bonds is 9. The van der Waals surface area contributed by atoms with Crippen molar-refractivity contribution in [2.45, 2.75) is 70.8 Å². The molecule has 1 spiro atoms. The molecule has 3 aromatic heterocycles. The van der Waals surface area contributed by atoms with Gasteiger partial charge in [0.2, 0.25) is 5.88 Å². The van der Waals surface area contributed by atoms with E-state index in [1.54, 1.807) is 36.7 Å². The third kappa shape index (κ3) is 5.13. The molecule has 1 aromatic carbocycles. The van der Waals surface area contributed by atoms with Gasteiger partial charge < -0.3 is 25.6 Å². The molecule has 3 heterocycles. The van der Waals surface area contributed by atoms with Gasteiger partial charge in [0.1, 0.15) is 24.0 Å². The molecule has 2 amide bonds. The molecule has 0 radical (unpaired) electrons. The van der Waals surface area contributed by atoms with Crippen molar-refractivity contribution in [2.24, 2.45) is 11.1 Å². The molecule has 0 bridgehead atoms. The van der Waals surface area contributed by atoms with Gasteiger partial charge >= 0.3 is 6.55 Å². The van der Waals surface area contributed by atoms with Gasteiger partial charge in [0.05, 0.1) is 16.6 Å². The van der Waals surface area contributed by atoms with Crippen LogP contribution in [-0.4, -0.2) is 60.7 Å². The second-order valence-electron chi connectivity index (χ2n) is 12.2. The Balaban J connectivity index is 1.08. The number of pyridine rings is 1. The molecule has 42 heavy (non-hydrogen) atoms. The number of ether oxygens (including phenoxy) is 2. The highest BCUT2D eigenvalue weighted by molar-refractivity contribution is 6.05. The molecule has 11 nitrogen and oxygen atoms in total. The summed E-state index contributed by atoms with van der Waals surface area (Å²) in [6.45, 7) is 2.08. The van der Waals surface area contributed by atoms with E-state index < -0.39 is 24.0 Å². The Kier molecular flexibility index (Phi) is 6.59. The standard InChI is InChI=1S/C29H32F2N6O5/c1-15-4-7-20-22(24(32)38)26(35-36(20)13-15)42-18-11-29(12-18)9-16(10-29)33-25(39)23-19-6-5-17(41-14-28(2,3)40)8-21(19)37(34-23)27(30)31/h4-8,13,16,18,27,40H,9-12,14H2,1-3H3,(H2,32,38)(H,33,39)/t16-,18-,29?. The van der Waals surface area contributed by atoms with Crippen LogP contribution in [0.2, 0.25) is 0 Å². The molecule has 0 atom stereocenters. The van der Waals surface area contributed by atoms with Crippen LogP contribution in [0.3, 0.4) is 0 Å². The number of primary amides is 1. The van der Waals surface area contributed by atoms with E-state index in [1.807, 2.05) is 13.0 Å². The Morgan fingerprint density at radius 1 is 1.17 bits per heavy atom. The van der Waals surface area contributed by atoms with Crippen molar-refractivity contribution in [1.29, 1.82) is 0 Å². The summed E-state index contributed by atoms with van der Waals surface area (Å²) in [4.78, 5) is 25.2. The summed E-state index contributed by atoms with van der Waals surface area (Å²) in [6.07, 6.45) is 4.57. The number of aromatic nitrogens is 4. The van der Waals surface area contributed by atoms with Crippen LogP contribution in [0.4, 0.5) is 8.78 Å². The van der Waals surface area contributed by atoms with Gasteiger partial charge in [0, 0.05) is 23.7 Å². The second kappa shape index (κ2) is 9.93. The summed E-state index contributed by atoms with van der Waals surface area (Å²) in [7, 11) is 0. The molecular formula is C29H32F2N6O5. The Morgan fingerprint density at radius 3 is 2.57 bits per heavy atom. The first kappa shape index (κ1) is 27.9. The predicted octanol–water partition coefficient (Wildman–Crippen LogP) is 3.76. The molecule has 0 aliphatic heterocycles. The van der Waals surface area contributed by atoms with Crippen LogP contribution in [0.5, 0.6) is 11.6 Å². The molecule has 0 saturated heterocycles. The number of aliphatic hydroxyl groups is 1. The van der Waals surface area contributed by atoms with Crippen LogP contribution in [0.25, 0.3) is 16.4 Å². The summed E-state index contributed by atoms with van der Waals surface area (Å²) < 4.78 is 41.2. The number of nitrogens with zero attached hydrogens (tertiary/aromatic N) is 4. The number of hydrogen-bond donors (Lipinski definition) is 3. The van der Waals surface area contributed by atoms with E-state index in [4.69, 9.17) is 15.2 Å². The van der Waals surface area contributed by atoms with E-state index in [-0.39, 0.29) is 58.0 Å². The van der Waals surface area contributed by atoms with E-state index in [9.17, 15) is 23.5 Å². The van der Waals surface area contributed by atoms with Crippen LogP contribution in [0.1, 0.15) is 72.5 Å². The molecule has 6 rings (SSSR count). The van der Waals surface area contributed by atoms with E-state index in [0.29, 0.717) is 23.0 Å². The normalized spacial score (nSPS) is 21.9. The van der Waals surface area contributed by atoms with Crippen LogP contribution in [-0.2, 0) is 0 Å². The minimum Gasteiger partial charge on any atom is -0.491 e. The zero-order valence-corrected chi connectivity index (χ0v) is 23.4. The molecule has 0 unspecified atom stereocenters. The predicted molar refractivity (Wildman–Crippen MR) is 148 cm³/mol. The van der Waals surface area contributed by atoms with Crippen molar-refractivity contribution in [1.82, 2.24) is 24.7 Å². The van der Waals surface area contributed by atoms with Crippen LogP contribution < -0.4 is 20.5 Å². The van der Waals surface area contributed by atoms with Crippen molar-refractivity contribution in [2.75, 3.05) is 6.61 Å². The van der Waals surface area contributed by atoms with Gasteiger partial charge in [-0.1, -0.05) is 6.07 Å². The van der Waals surface area contributed by atoms with Crippen LogP contribution in [0, 0.1) is 12.3 Å². The molecule has 2 saturated carbocycles. The maximum absolute atomic E-state index is 13.8. The third-order valence-electron chi connectivity index (χ3n) is 7.96. The van der Waals surface area contributed by atoms with Crippen LogP contribution >= 0.6 is 0 Å². The van der Waals surface area contributed by atoms with Crippen molar-refractivity contribution in [3.63, 3.8) is 0 Å². The Hall–Kier alpha value is -4.26. The second-order valence-corrected chi connectivity index (χ2v) is 12.2. The number of carbonyl (C=O) groups is 2. The summed E-state index contributed by atoms with van der Waals surface area (Å²) in [5.74, 6) is -0.637. The fourth-order valence-corrected chi connectivity index (χ4v) is 6.05. The molecule has 4 aromatic rings. The Labute approximate surface area is 239 Å². The number of hydrogen-bond acceptors (Lipinski definition) is 7. The highest BCUT2D eigenvalue weighted by Gasteiger charge is 2.54. The molecule has 2 aliphatic rings. The highest BCUT2D eigenvalue weighted by Crippen LogP contribution is 2.57. The lowest BCUT2D eigenvalue weighted by molar-refractivity contribution is -0.0848. The first-order valence-electron chi connectivity index (χ1n) is 13.7. The van der Waals surface area contributed by atoms with Crippen molar-refractivity contribution in [3.05, 3.63) is 53.3 Å². The molecule has 13 heteroatoms. The SMILES string of the molecule is Cc1ccc2c(C(N)=O)c(O[C@H]3CC4(C[C@H](NC(=O)c5nn(C(F)F)c6cc(OCC(C)(C)O)ccc56)C4)C3)nn2c1. The Morgan fingerprint density at radius 2 is 1.90 bits per heavy atom. The zero-order chi connectivity index (χ0) is 30.0. The summed E-state index contributed by atoms with van der Waals surface area (Å²) in [5.41, 5.74) is 6.30. The number of carbonyl (C=O) groups excluding carboxylic acids is 2. The van der Waals surface area contributed by atoms with Crippen molar-refractivity contribution in [3.8, 4) is 11.6 Å². The first-order chi connectivity index (χ1) is 19.8. The van der Waals surface area contributed by atoms with E-state index in [0.717, 1.165) is 18.4 Å². The van der Waals surface area contributed by atoms with Gasteiger partial charge in [-0.05, 0) is 75.6 Å². The summed E-state index contributed by atoms with van der Waals surface area (Å²) >= 11 is 0. The van der Waals surface area contributed by atoms with E-state index in [1.165, 1.54) is 12.1 Å². The van der Waals surface area contributed by atoms with Crippen molar-refractivity contribution < 1.29 is 33.0 Å². The maximum Gasteiger partial charge on any atom is 0.333 e. The van der Waals surface area contributed by atoms with E-state index in [2.05, 4.69) is 15.5 Å². The Bertz CT molecular complexity index is 1690. The lowest BCUT2D eigenvalue weighted by atomic mass is 9.53. The van der Waals surface area contributed by atoms with Gasteiger partial charge in [-0.2, -0.15) is 13.9 Å². The number of amides is 2. The number of aryl methyl sites for hydroxylation is 1. The quantitative estimate of drug-likeness (QED) is 0.272. The monoisotopic (exact) mass is 582 g/mol. The van der Waals surface area contributed by atoms with Crippen LogP contribution in [0.15, 0.2) is 36.5 Å². The molecule has 2 aliphatic carbocycles. The molecule has 222 valence electrons. The maximum atomic E-state index is 13.8. The number of nitrogens with two attached hydrogens (primary N) is 1. The number of fused-ring (bicyclic) bond motifs is 2. The largest absolute Gasteiger partial charge is 0.491 e.